The summed E-state index contributed by atoms with van der Waals surface area (Å²) in [5.41, 5.74) is 1.13. The van der Waals surface area contributed by atoms with Crippen LogP contribution in [0.25, 0.3) is 0 Å². The second-order valence-electron chi connectivity index (χ2n) is 6.40. The van der Waals surface area contributed by atoms with Crippen LogP contribution in [0.3, 0.4) is 0 Å². The minimum Gasteiger partial charge on any atom is -0.371 e. The van der Waals surface area contributed by atoms with E-state index in [-0.39, 0.29) is 18.0 Å². The van der Waals surface area contributed by atoms with Crippen molar-refractivity contribution in [2.45, 2.75) is 6.42 Å². The minimum atomic E-state index is -0.600. The van der Waals surface area contributed by atoms with E-state index in [4.69, 9.17) is 0 Å². The van der Waals surface area contributed by atoms with Gasteiger partial charge in [0.25, 0.3) is 5.91 Å². The Labute approximate surface area is 152 Å². The molecule has 2 N–H and O–H groups in total. The number of carbonyl (C=O) groups excluding carboxylic acids is 2. The van der Waals surface area contributed by atoms with Crippen LogP contribution >= 0.6 is 0 Å². The monoisotopic (exact) mass is 355 g/mol. The molecule has 1 saturated heterocycles. The first-order valence-electron chi connectivity index (χ1n) is 8.73. The normalized spacial score (nSPS) is 16.3. The molecule has 0 bridgehead atoms. The van der Waals surface area contributed by atoms with Crippen LogP contribution in [0.5, 0.6) is 0 Å². The third-order valence-corrected chi connectivity index (χ3v) is 4.52. The number of rotatable bonds is 6. The number of carbonyl (C=O) groups is 2. The maximum absolute atomic E-state index is 13.5. The maximum atomic E-state index is 13.5. The molecule has 0 saturated carbocycles. The minimum absolute atomic E-state index is 0.0606. The Morgan fingerprint density at radius 2 is 1.77 bits per heavy atom. The molecule has 1 heterocycles. The van der Waals surface area contributed by atoms with Crippen LogP contribution in [0.2, 0.25) is 0 Å². The van der Waals surface area contributed by atoms with Crippen LogP contribution in [-0.2, 0) is 4.79 Å². The van der Waals surface area contributed by atoms with Crippen LogP contribution in [0.1, 0.15) is 16.8 Å². The largest absolute Gasteiger partial charge is 0.371 e. The topological polar surface area (TPSA) is 61.4 Å². The highest BCUT2D eigenvalue weighted by molar-refractivity contribution is 5.96. The first-order valence-corrected chi connectivity index (χ1v) is 8.73. The third kappa shape index (κ3) is 4.59. The highest BCUT2D eigenvalue weighted by Crippen LogP contribution is 2.22. The van der Waals surface area contributed by atoms with E-state index in [1.807, 2.05) is 18.2 Å². The summed E-state index contributed by atoms with van der Waals surface area (Å²) < 4.78 is 13.5. The smallest absolute Gasteiger partial charge is 0.254 e. The molecule has 136 valence electrons. The molecule has 1 aliphatic rings. The molecule has 5 nitrogen and oxygen atoms in total. The lowest BCUT2D eigenvalue weighted by atomic mass is 10.1. The van der Waals surface area contributed by atoms with Gasteiger partial charge in [-0.1, -0.05) is 30.3 Å². The molecule has 0 aromatic heterocycles. The number of para-hydroxylation sites is 1. The standard InChI is InChI=1S/C20H22FN3O2/c21-18-9-5-4-8-17(18)20(26)23-13-19(25)22-12-15-10-11-24(14-15)16-6-2-1-3-7-16/h1-9,15H,10-14H2,(H,22,25)(H,23,26). The van der Waals surface area contributed by atoms with Gasteiger partial charge in [-0.05, 0) is 36.6 Å². The molecule has 2 amide bonds. The molecular formula is C20H22FN3O2. The number of halogens is 1. The predicted molar refractivity (Wildman–Crippen MR) is 98.5 cm³/mol. The number of hydrogen-bond donors (Lipinski definition) is 2. The summed E-state index contributed by atoms with van der Waals surface area (Å²) in [6.45, 7) is 2.26. The van der Waals surface area contributed by atoms with Gasteiger partial charge < -0.3 is 15.5 Å². The summed E-state index contributed by atoms with van der Waals surface area (Å²) in [5.74, 6) is -1.08. The highest BCUT2D eigenvalue weighted by Gasteiger charge is 2.23. The number of nitrogens with one attached hydrogen (secondary N) is 2. The second kappa shape index (κ2) is 8.47. The van der Waals surface area contributed by atoms with Crippen molar-refractivity contribution in [1.29, 1.82) is 0 Å². The van der Waals surface area contributed by atoms with Crippen LogP contribution in [-0.4, -0.2) is 38.0 Å². The highest BCUT2D eigenvalue weighted by atomic mass is 19.1. The van der Waals surface area contributed by atoms with Gasteiger partial charge in [-0.3, -0.25) is 9.59 Å². The summed E-state index contributed by atoms with van der Waals surface area (Å²) in [7, 11) is 0. The molecule has 26 heavy (non-hydrogen) atoms. The summed E-state index contributed by atoms with van der Waals surface area (Å²) in [6, 6.07) is 15.9. The molecule has 2 aromatic rings. The Bertz CT molecular complexity index is 767. The van der Waals surface area contributed by atoms with Gasteiger partial charge in [0.1, 0.15) is 5.82 Å². The molecule has 0 spiro atoms. The van der Waals surface area contributed by atoms with Crippen LogP contribution in [0, 0.1) is 11.7 Å². The molecule has 1 fully saturated rings. The number of hydrogen-bond acceptors (Lipinski definition) is 3. The Kier molecular flexibility index (Phi) is 5.84. The van der Waals surface area contributed by atoms with Gasteiger partial charge in [-0.2, -0.15) is 0 Å². The van der Waals surface area contributed by atoms with Crippen molar-refractivity contribution >= 4 is 17.5 Å². The summed E-state index contributed by atoms with van der Waals surface area (Å²) in [6.07, 6.45) is 1.01. The van der Waals surface area contributed by atoms with E-state index < -0.39 is 11.7 Å². The summed E-state index contributed by atoms with van der Waals surface area (Å²) in [5, 5.41) is 5.29. The van der Waals surface area contributed by atoms with Crippen molar-refractivity contribution < 1.29 is 14.0 Å². The molecule has 1 unspecified atom stereocenters. The fourth-order valence-electron chi connectivity index (χ4n) is 3.09. The molecule has 3 rings (SSSR count). The Hall–Kier alpha value is -2.89. The van der Waals surface area contributed by atoms with Crippen molar-refractivity contribution in [3.05, 3.63) is 66.0 Å². The number of benzene rings is 2. The Morgan fingerprint density at radius 1 is 1.04 bits per heavy atom. The van der Waals surface area contributed by atoms with Gasteiger partial charge in [0.15, 0.2) is 0 Å². The van der Waals surface area contributed by atoms with Crippen molar-refractivity contribution in [3.63, 3.8) is 0 Å². The average Bonchev–Trinajstić information content (AvgIpc) is 3.14. The quantitative estimate of drug-likeness (QED) is 0.835. The van der Waals surface area contributed by atoms with Crippen molar-refractivity contribution in [1.82, 2.24) is 10.6 Å². The molecule has 1 aliphatic heterocycles. The van der Waals surface area contributed by atoms with Crippen LogP contribution in [0.15, 0.2) is 54.6 Å². The SMILES string of the molecule is O=C(CNC(=O)c1ccccc1F)NCC1CCN(c2ccccc2)C1. The zero-order chi connectivity index (χ0) is 18.4. The fraction of sp³-hybridized carbons (Fsp3) is 0.300. The van der Waals surface area contributed by atoms with Crippen LogP contribution < -0.4 is 15.5 Å². The predicted octanol–water partition coefficient (Wildman–Crippen LogP) is 2.20. The molecule has 2 aromatic carbocycles. The third-order valence-electron chi connectivity index (χ3n) is 4.52. The lowest BCUT2D eigenvalue weighted by molar-refractivity contribution is -0.120. The molecular weight excluding hydrogens is 333 g/mol. The number of nitrogens with zero attached hydrogens (tertiary/aromatic N) is 1. The van der Waals surface area contributed by atoms with Crippen LogP contribution in [0.4, 0.5) is 10.1 Å². The molecule has 0 radical (unpaired) electrons. The van der Waals surface area contributed by atoms with E-state index in [0.717, 1.165) is 19.5 Å². The van der Waals surface area contributed by atoms with Crippen molar-refractivity contribution in [3.8, 4) is 0 Å². The number of amides is 2. The lowest BCUT2D eigenvalue weighted by Crippen LogP contribution is -2.39. The molecule has 6 heteroatoms. The van der Waals surface area contributed by atoms with E-state index in [1.165, 1.54) is 23.9 Å². The zero-order valence-electron chi connectivity index (χ0n) is 14.5. The van der Waals surface area contributed by atoms with Gasteiger partial charge in [-0.25, -0.2) is 4.39 Å². The Morgan fingerprint density at radius 3 is 2.54 bits per heavy atom. The van der Waals surface area contributed by atoms with Crippen molar-refractivity contribution in [2.75, 3.05) is 31.1 Å². The van der Waals surface area contributed by atoms with E-state index in [2.05, 4.69) is 27.7 Å². The molecule has 0 aliphatic carbocycles. The van der Waals surface area contributed by atoms with Gasteiger partial charge in [0, 0.05) is 25.3 Å². The summed E-state index contributed by atoms with van der Waals surface area (Å²) in [4.78, 5) is 26.1. The average molecular weight is 355 g/mol. The van der Waals surface area contributed by atoms with E-state index >= 15 is 0 Å². The molecule has 1 atom stereocenters. The first-order chi connectivity index (χ1) is 12.6. The fourth-order valence-corrected chi connectivity index (χ4v) is 3.09. The second-order valence-corrected chi connectivity index (χ2v) is 6.40. The Balaban J connectivity index is 1.40. The van der Waals surface area contributed by atoms with Gasteiger partial charge in [0.2, 0.25) is 5.91 Å². The van der Waals surface area contributed by atoms with E-state index in [1.54, 1.807) is 6.07 Å². The van der Waals surface area contributed by atoms with Crippen molar-refractivity contribution in [2.24, 2.45) is 5.92 Å². The zero-order valence-corrected chi connectivity index (χ0v) is 14.5. The van der Waals surface area contributed by atoms with E-state index in [9.17, 15) is 14.0 Å². The van der Waals surface area contributed by atoms with Gasteiger partial charge in [-0.15, -0.1) is 0 Å². The van der Waals surface area contributed by atoms with E-state index in [0.29, 0.717) is 12.5 Å². The van der Waals surface area contributed by atoms with Gasteiger partial charge in [0.05, 0.1) is 12.1 Å². The van der Waals surface area contributed by atoms with Gasteiger partial charge >= 0.3 is 0 Å². The number of anilines is 1. The maximum Gasteiger partial charge on any atom is 0.254 e. The first kappa shape index (κ1) is 17.9. The summed E-state index contributed by atoms with van der Waals surface area (Å²) >= 11 is 0. The lowest BCUT2D eigenvalue weighted by Gasteiger charge is -2.18.